The minimum absolute atomic E-state index is 0.566. The van der Waals surface area contributed by atoms with Gasteiger partial charge in [0.15, 0.2) is 35.9 Å². The Bertz CT molecular complexity index is 5380. The van der Waals surface area contributed by atoms with Gasteiger partial charge in [-0.3, -0.25) is 0 Å². The molecule has 16 nitrogen and oxygen atoms in total. The van der Waals surface area contributed by atoms with Gasteiger partial charge in [0.1, 0.15) is 22.7 Å². The van der Waals surface area contributed by atoms with Crippen LogP contribution in [-0.4, -0.2) is 59.5 Å². The number of unbranched alkanes of at least 4 members (excludes halogenated alkanes) is 2. The van der Waals surface area contributed by atoms with Crippen LogP contribution in [0.3, 0.4) is 0 Å². The quantitative estimate of drug-likeness (QED) is 0.0321. The third kappa shape index (κ3) is 14.2. The van der Waals surface area contributed by atoms with E-state index < -0.39 is 11.1 Å². The molecule has 0 amide bonds. The Morgan fingerprint density at radius 3 is 1.08 bits per heavy atom. The highest BCUT2D eigenvalue weighted by atomic mass is 16.5. The lowest BCUT2D eigenvalue weighted by Gasteiger charge is -2.36. The molecule has 10 aromatic carbocycles. The largest absolute Gasteiger partial charge is 0.619 e. The number of imidazole rings is 2. The summed E-state index contributed by atoms with van der Waals surface area (Å²) in [5, 5.41) is 52.0. The number of benzene rings is 10. The standard InChI is InChI=1S/C46H41N7O.C45H39N7O/c1-3-4-24-44-47-42(43-31-34(2)29-30-52(43)54)33-51(44)32-35-25-27-36(28-26-35)40-22-14-15-23-41(40)45-48-49-50-53(45)46(37-16-8-5-9-17-37,38-18-10-6-11-19-38)39-20-12-7-13-21-39;1-2-3-23-43-46-42(36-28-30-51(53)31-29-36)33-50(43)32-34-24-26-35(27-25-34)40-21-13-14-22-41(40)44-47-48-49-52(44)45(37-15-7-4-8-16-37,38-17-9-5-10-18-38)39-19-11-6-12-20-39/h5-23,25-31,33H,3-4,24,32H2,1-2H3;4-22,24-31,33H,2-3,23,32H2,1H3. The van der Waals surface area contributed by atoms with Crippen LogP contribution < -0.4 is 9.46 Å². The summed E-state index contributed by atoms with van der Waals surface area (Å²) in [6, 6.07) is 104. The van der Waals surface area contributed by atoms with Crippen LogP contribution in [0.5, 0.6) is 0 Å². The molecule has 107 heavy (non-hydrogen) atoms. The van der Waals surface area contributed by atoms with E-state index in [0.717, 1.165) is 149 Å². The molecule has 0 aliphatic heterocycles. The summed E-state index contributed by atoms with van der Waals surface area (Å²) < 4.78 is 10.1. The van der Waals surface area contributed by atoms with Crippen molar-refractivity contribution in [1.82, 2.24) is 59.5 Å². The van der Waals surface area contributed by atoms with Gasteiger partial charge in [-0.25, -0.2) is 19.3 Å². The number of hydrogen-bond donors (Lipinski definition) is 0. The van der Waals surface area contributed by atoms with E-state index in [1.54, 1.807) is 6.20 Å². The number of aromatic nitrogens is 14. The Hall–Kier alpha value is -13.3. The molecular weight excluding hydrogens is 1320 g/mol. The van der Waals surface area contributed by atoms with Gasteiger partial charge in [-0.05, 0) is 113 Å². The first-order valence-electron chi connectivity index (χ1n) is 36.5. The molecule has 0 N–H and O–H groups in total. The third-order valence-electron chi connectivity index (χ3n) is 20.0. The first-order chi connectivity index (χ1) is 52.7. The molecule has 0 radical (unpaired) electrons. The normalized spacial score (nSPS) is 11.5. The monoisotopic (exact) mass is 1400 g/mol. The minimum Gasteiger partial charge on any atom is -0.619 e. The maximum Gasteiger partial charge on any atom is 0.244 e. The van der Waals surface area contributed by atoms with Crippen LogP contribution in [0.1, 0.15) is 101 Å². The second-order valence-electron chi connectivity index (χ2n) is 26.8. The van der Waals surface area contributed by atoms with Crippen LogP contribution >= 0.6 is 0 Å². The number of tetrazole rings is 2. The van der Waals surface area contributed by atoms with Crippen molar-refractivity contribution in [2.45, 2.75) is 83.5 Å². The lowest BCUT2D eigenvalue weighted by Crippen LogP contribution is -2.39. The Labute approximate surface area is 623 Å². The summed E-state index contributed by atoms with van der Waals surface area (Å²) in [4.78, 5) is 9.91. The summed E-state index contributed by atoms with van der Waals surface area (Å²) >= 11 is 0. The van der Waals surface area contributed by atoms with E-state index in [1.165, 1.54) is 18.0 Å². The van der Waals surface area contributed by atoms with E-state index in [4.69, 9.17) is 30.6 Å². The van der Waals surface area contributed by atoms with Crippen molar-refractivity contribution in [3.05, 3.63) is 406 Å². The molecular formula is C91H80N14O2. The van der Waals surface area contributed by atoms with Crippen molar-refractivity contribution in [2.75, 3.05) is 0 Å². The number of rotatable bonds is 24. The van der Waals surface area contributed by atoms with Crippen molar-refractivity contribution in [3.63, 3.8) is 0 Å². The molecule has 0 spiro atoms. The van der Waals surface area contributed by atoms with E-state index in [2.05, 4.69) is 270 Å². The van der Waals surface area contributed by atoms with E-state index in [1.807, 2.05) is 95.3 Å². The SMILES string of the molecule is CCCCc1nc(-c2cc(C)cc[n+]2[O-])cn1Cc1ccc(-c2ccccc2-c2nnnn2C(c2ccccc2)(c2ccccc2)c2ccccc2)cc1.CCCCc1nc(-c2cc[n+]([O-])cc2)cn1Cc1ccc(-c2ccccc2-c2nnnn2C(c2ccccc2)(c2ccccc2)c2ccccc2)cc1. The average Bonchev–Trinajstić information content (AvgIpc) is 1.72. The minimum atomic E-state index is -0.859. The number of aryl methyl sites for hydroxylation is 3. The van der Waals surface area contributed by atoms with E-state index in [9.17, 15) is 10.4 Å². The fraction of sp³-hybridized carbons (Fsp3) is 0.143. The highest BCUT2D eigenvalue weighted by Crippen LogP contribution is 2.46. The van der Waals surface area contributed by atoms with E-state index in [0.29, 0.717) is 36.1 Å². The van der Waals surface area contributed by atoms with Crippen LogP contribution in [-0.2, 0) is 37.0 Å². The Morgan fingerprint density at radius 1 is 0.364 bits per heavy atom. The number of hydrogen-bond acceptors (Lipinski definition) is 10. The van der Waals surface area contributed by atoms with Crippen LogP contribution in [0.2, 0.25) is 0 Å². The van der Waals surface area contributed by atoms with Crippen molar-refractivity contribution in [1.29, 1.82) is 0 Å². The Balaban J connectivity index is 0.000000171. The van der Waals surface area contributed by atoms with Crippen molar-refractivity contribution < 1.29 is 9.46 Å². The Morgan fingerprint density at radius 2 is 0.710 bits per heavy atom. The topological polar surface area (TPSA) is 177 Å². The fourth-order valence-electron chi connectivity index (χ4n) is 14.7. The highest BCUT2D eigenvalue weighted by Gasteiger charge is 2.44. The second-order valence-corrected chi connectivity index (χ2v) is 26.8. The lowest BCUT2D eigenvalue weighted by molar-refractivity contribution is -0.605. The Kier molecular flexibility index (Phi) is 20.6. The highest BCUT2D eigenvalue weighted by molar-refractivity contribution is 5.82. The van der Waals surface area contributed by atoms with Crippen molar-refractivity contribution in [3.8, 4) is 67.7 Å². The van der Waals surface area contributed by atoms with Crippen LogP contribution in [0.15, 0.2) is 334 Å². The predicted octanol–water partition coefficient (Wildman–Crippen LogP) is 17.8. The van der Waals surface area contributed by atoms with Gasteiger partial charge in [0.2, 0.25) is 5.69 Å². The summed E-state index contributed by atoms with van der Waals surface area (Å²) in [7, 11) is 0. The van der Waals surface area contributed by atoms with Crippen LogP contribution in [0, 0.1) is 17.3 Å². The van der Waals surface area contributed by atoms with Gasteiger partial charge < -0.3 is 19.5 Å². The number of pyridine rings is 2. The fourth-order valence-corrected chi connectivity index (χ4v) is 14.7. The molecule has 0 unspecified atom stereocenters. The van der Waals surface area contributed by atoms with Gasteiger partial charge in [0.25, 0.3) is 0 Å². The van der Waals surface area contributed by atoms with Crippen molar-refractivity contribution >= 4 is 0 Å². The molecule has 16 rings (SSSR count). The second kappa shape index (κ2) is 31.7. The zero-order chi connectivity index (χ0) is 72.9. The molecule has 526 valence electrons. The molecule has 6 heterocycles. The summed E-state index contributed by atoms with van der Waals surface area (Å²) in [5.41, 5.74) is 17.0. The molecule has 0 aliphatic rings. The molecule has 0 atom stereocenters. The summed E-state index contributed by atoms with van der Waals surface area (Å²) in [6.07, 6.45) is 14.7. The first-order valence-corrected chi connectivity index (χ1v) is 36.5. The van der Waals surface area contributed by atoms with Gasteiger partial charge in [0.05, 0.1) is 5.69 Å². The molecule has 0 aliphatic carbocycles. The predicted molar refractivity (Wildman–Crippen MR) is 420 cm³/mol. The molecule has 0 fully saturated rings. The van der Waals surface area contributed by atoms with Gasteiger partial charge in [-0.1, -0.05) is 306 Å². The molecule has 0 bridgehead atoms. The molecule has 16 aromatic rings. The van der Waals surface area contributed by atoms with Crippen molar-refractivity contribution in [2.24, 2.45) is 0 Å². The van der Waals surface area contributed by atoms with E-state index in [-0.39, 0.29) is 0 Å². The summed E-state index contributed by atoms with van der Waals surface area (Å²) in [6.45, 7) is 7.70. The summed E-state index contributed by atoms with van der Waals surface area (Å²) in [5.74, 6) is 3.34. The van der Waals surface area contributed by atoms with Gasteiger partial charge in [-0.2, -0.15) is 9.46 Å². The number of nitrogens with zero attached hydrogens (tertiary/aromatic N) is 14. The molecule has 6 aromatic heterocycles. The molecule has 0 saturated carbocycles. The maximum absolute atomic E-state index is 12.7. The zero-order valence-electron chi connectivity index (χ0n) is 60.0. The van der Waals surface area contributed by atoms with E-state index >= 15 is 0 Å². The first kappa shape index (κ1) is 69.4. The lowest BCUT2D eigenvalue weighted by atomic mass is 9.77. The maximum atomic E-state index is 12.7. The van der Waals surface area contributed by atoms with Gasteiger partial charge >= 0.3 is 0 Å². The zero-order valence-corrected chi connectivity index (χ0v) is 60.0. The molecule has 0 saturated heterocycles. The third-order valence-corrected chi connectivity index (χ3v) is 20.0. The van der Waals surface area contributed by atoms with Crippen LogP contribution in [0.25, 0.3) is 67.7 Å². The molecule has 16 heteroatoms. The van der Waals surface area contributed by atoms with Gasteiger partial charge in [0, 0.05) is 79.3 Å². The van der Waals surface area contributed by atoms with Crippen LogP contribution in [0.4, 0.5) is 0 Å². The smallest absolute Gasteiger partial charge is 0.244 e. The average molecular weight is 1400 g/mol. The van der Waals surface area contributed by atoms with Gasteiger partial charge in [-0.15, -0.1) is 10.2 Å².